The van der Waals surface area contributed by atoms with Crippen LogP contribution < -0.4 is 5.32 Å². The summed E-state index contributed by atoms with van der Waals surface area (Å²) in [6, 6.07) is 15.8. The van der Waals surface area contributed by atoms with Crippen molar-refractivity contribution in [3.05, 3.63) is 64.7 Å². The van der Waals surface area contributed by atoms with E-state index in [1.165, 1.54) is 82.6 Å². The minimum atomic E-state index is -0.256. The summed E-state index contributed by atoms with van der Waals surface area (Å²) in [5.41, 5.74) is 3.07. The molecule has 0 bridgehead atoms. The number of rotatable bonds is 17. The van der Waals surface area contributed by atoms with Crippen LogP contribution in [0.25, 0.3) is 0 Å². The molecule has 0 amide bonds. The normalized spacial score (nSPS) is 10.8. The smallest absolute Gasteiger partial charge is 0.338 e. The van der Waals surface area contributed by atoms with E-state index in [1.807, 2.05) is 43.3 Å². The van der Waals surface area contributed by atoms with E-state index in [-0.39, 0.29) is 5.97 Å². The number of hydrogen-bond donors (Lipinski definition) is 1. The van der Waals surface area contributed by atoms with Gasteiger partial charge in [-0.2, -0.15) is 0 Å². The lowest BCUT2D eigenvalue weighted by molar-refractivity contribution is 0.0526. The summed E-state index contributed by atoms with van der Waals surface area (Å²) in [5.74, 6) is -0.256. The highest BCUT2D eigenvalue weighted by Crippen LogP contribution is 2.15. The molecule has 3 nitrogen and oxygen atoms in total. The molecule has 176 valence electrons. The summed E-state index contributed by atoms with van der Waals surface area (Å²) in [4.78, 5) is 11.7. The van der Waals surface area contributed by atoms with Gasteiger partial charge in [-0.15, -0.1) is 0 Å². The van der Waals surface area contributed by atoms with E-state index in [1.54, 1.807) is 0 Å². The molecule has 4 heteroatoms. The molecule has 2 aromatic rings. The van der Waals surface area contributed by atoms with Gasteiger partial charge in [0.2, 0.25) is 0 Å². The second-order valence-corrected chi connectivity index (χ2v) is 8.93. The number of carbonyl (C=O) groups excluding carboxylic acids is 1. The third-order valence-electron chi connectivity index (χ3n) is 5.78. The van der Waals surface area contributed by atoms with Crippen molar-refractivity contribution >= 4 is 23.3 Å². The molecule has 2 rings (SSSR count). The van der Waals surface area contributed by atoms with E-state index in [2.05, 4.69) is 17.4 Å². The van der Waals surface area contributed by atoms with Gasteiger partial charge in [0.05, 0.1) is 12.2 Å². The van der Waals surface area contributed by atoms with Gasteiger partial charge < -0.3 is 10.1 Å². The van der Waals surface area contributed by atoms with Gasteiger partial charge in [0.25, 0.3) is 0 Å². The third-order valence-corrected chi connectivity index (χ3v) is 6.03. The van der Waals surface area contributed by atoms with Crippen molar-refractivity contribution in [2.24, 2.45) is 0 Å². The van der Waals surface area contributed by atoms with Gasteiger partial charge in [-0.25, -0.2) is 4.79 Å². The fraction of sp³-hybridized carbons (Fsp3) is 0.536. The lowest BCUT2D eigenvalue weighted by Crippen LogP contribution is -2.05. The lowest BCUT2D eigenvalue weighted by atomic mass is 10.0. The first-order valence-electron chi connectivity index (χ1n) is 12.4. The second kappa shape index (κ2) is 16.6. The number of hydrogen-bond acceptors (Lipinski definition) is 3. The van der Waals surface area contributed by atoms with Crippen molar-refractivity contribution in [1.82, 2.24) is 0 Å². The summed E-state index contributed by atoms with van der Waals surface area (Å²) in [5, 5.41) is 4.26. The molecule has 0 unspecified atom stereocenters. The van der Waals surface area contributed by atoms with E-state index in [9.17, 15) is 4.79 Å². The Morgan fingerprint density at radius 1 is 0.750 bits per heavy atom. The second-order valence-electron chi connectivity index (χ2n) is 8.49. The molecule has 2 aromatic carbocycles. The van der Waals surface area contributed by atoms with E-state index in [0.717, 1.165) is 17.3 Å². The van der Waals surface area contributed by atoms with Gasteiger partial charge in [-0.1, -0.05) is 81.5 Å². The van der Waals surface area contributed by atoms with Crippen molar-refractivity contribution in [3.8, 4) is 0 Å². The van der Waals surface area contributed by atoms with Crippen molar-refractivity contribution in [1.29, 1.82) is 0 Å². The van der Waals surface area contributed by atoms with Crippen molar-refractivity contribution in [2.75, 3.05) is 18.5 Å². The van der Waals surface area contributed by atoms with E-state index >= 15 is 0 Å². The van der Waals surface area contributed by atoms with Gasteiger partial charge in [-0.05, 0) is 68.1 Å². The van der Waals surface area contributed by atoms with Crippen molar-refractivity contribution in [2.45, 2.75) is 84.0 Å². The highest BCUT2D eigenvalue weighted by Gasteiger charge is 2.05. The number of ether oxygens (including phenoxy) is 1. The first kappa shape index (κ1) is 26.3. The Morgan fingerprint density at radius 3 is 1.84 bits per heavy atom. The van der Waals surface area contributed by atoms with Gasteiger partial charge in [0.15, 0.2) is 0 Å². The van der Waals surface area contributed by atoms with Crippen LogP contribution in [0.5, 0.6) is 0 Å². The SMILES string of the molecule is CCOC(=O)c1ccc(NCCCCCCCCCCCCCc2ccc(Cl)cc2)cc1. The summed E-state index contributed by atoms with van der Waals surface area (Å²) >= 11 is 5.93. The minimum Gasteiger partial charge on any atom is -0.462 e. The summed E-state index contributed by atoms with van der Waals surface area (Å²) in [6.45, 7) is 3.21. The number of unbranched alkanes of at least 4 members (excludes halogenated alkanes) is 10. The quantitative estimate of drug-likeness (QED) is 0.191. The lowest BCUT2D eigenvalue weighted by Gasteiger charge is -2.07. The van der Waals surface area contributed by atoms with Crippen molar-refractivity contribution < 1.29 is 9.53 Å². The van der Waals surface area contributed by atoms with Crippen LogP contribution in [0, 0.1) is 0 Å². The summed E-state index contributed by atoms with van der Waals surface area (Å²) in [6.07, 6.45) is 15.8. The Balaban J connectivity index is 1.35. The largest absolute Gasteiger partial charge is 0.462 e. The highest BCUT2D eigenvalue weighted by atomic mass is 35.5. The van der Waals surface area contributed by atoms with Crippen LogP contribution >= 0.6 is 11.6 Å². The van der Waals surface area contributed by atoms with Crippen LogP contribution in [-0.2, 0) is 11.2 Å². The van der Waals surface area contributed by atoms with E-state index in [4.69, 9.17) is 16.3 Å². The maximum Gasteiger partial charge on any atom is 0.338 e. The monoisotopic (exact) mass is 457 g/mol. The van der Waals surface area contributed by atoms with Gasteiger partial charge in [-0.3, -0.25) is 0 Å². The summed E-state index contributed by atoms with van der Waals surface area (Å²) < 4.78 is 5.01. The standard InChI is InChI=1S/C28H40ClNO2/c1-2-32-28(31)25-17-21-27(22-18-25)30-23-13-11-9-7-5-3-4-6-8-10-12-14-24-15-19-26(29)20-16-24/h15-22,30H,2-14,23H2,1H3. The Kier molecular flexibility index (Phi) is 13.6. The average Bonchev–Trinajstić information content (AvgIpc) is 2.81. The fourth-order valence-electron chi connectivity index (χ4n) is 3.87. The maximum absolute atomic E-state index is 11.7. The number of carbonyl (C=O) groups is 1. The molecule has 32 heavy (non-hydrogen) atoms. The molecule has 0 aliphatic heterocycles. The zero-order chi connectivity index (χ0) is 22.9. The zero-order valence-corrected chi connectivity index (χ0v) is 20.5. The predicted octanol–water partition coefficient (Wildman–Crippen LogP) is 8.46. The fourth-order valence-corrected chi connectivity index (χ4v) is 3.99. The van der Waals surface area contributed by atoms with Crippen LogP contribution in [-0.4, -0.2) is 19.1 Å². The van der Waals surface area contributed by atoms with Crippen LogP contribution in [0.2, 0.25) is 5.02 Å². The van der Waals surface area contributed by atoms with Gasteiger partial charge in [0.1, 0.15) is 0 Å². The molecule has 1 N–H and O–H groups in total. The Labute approximate surface area is 199 Å². The Morgan fingerprint density at radius 2 is 1.28 bits per heavy atom. The van der Waals surface area contributed by atoms with Gasteiger partial charge in [0, 0.05) is 17.3 Å². The number of aryl methyl sites for hydroxylation is 1. The number of benzene rings is 2. The third kappa shape index (κ3) is 11.6. The number of anilines is 1. The Hall–Kier alpha value is -2.00. The van der Waals surface area contributed by atoms with Crippen LogP contribution in [0.15, 0.2) is 48.5 Å². The molecule has 0 aliphatic rings. The number of halogens is 1. The van der Waals surface area contributed by atoms with Crippen molar-refractivity contribution in [3.63, 3.8) is 0 Å². The summed E-state index contributed by atoms with van der Waals surface area (Å²) in [7, 11) is 0. The topological polar surface area (TPSA) is 38.3 Å². The van der Waals surface area contributed by atoms with Crippen LogP contribution in [0.1, 0.15) is 93.5 Å². The molecule has 0 aliphatic carbocycles. The van der Waals surface area contributed by atoms with E-state index < -0.39 is 0 Å². The van der Waals surface area contributed by atoms with Crippen LogP contribution in [0.3, 0.4) is 0 Å². The van der Waals surface area contributed by atoms with E-state index in [0.29, 0.717) is 12.2 Å². The highest BCUT2D eigenvalue weighted by molar-refractivity contribution is 6.30. The predicted molar refractivity (Wildman–Crippen MR) is 137 cm³/mol. The number of nitrogens with one attached hydrogen (secondary N) is 1. The Bertz CT molecular complexity index is 743. The van der Waals surface area contributed by atoms with Gasteiger partial charge >= 0.3 is 5.97 Å². The molecule has 0 aromatic heterocycles. The maximum atomic E-state index is 11.7. The molecule has 0 radical (unpaired) electrons. The molecular formula is C28H40ClNO2. The average molecular weight is 458 g/mol. The molecule has 0 saturated carbocycles. The first-order chi connectivity index (χ1) is 15.7. The van der Waals surface area contributed by atoms with Crippen LogP contribution in [0.4, 0.5) is 5.69 Å². The minimum absolute atomic E-state index is 0.256. The zero-order valence-electron chi connectivity index (χ0n) is 19.7. The molecule has 0 atom stereocenters. The molecule has 0 fully saturated rings. The molecule has 0 saturated heterocycles. The molecule has 0 spiro atoms. The molecule has 0 heterocycles. The first-order valence-corrected chi connectivity index (χ1v) is 12.8. The number of esters is 1. The molecular weight excluding hydrogens is 418 g/mol.